The second-order valence-electron chi connectivity index (χ2n) is 6.91. The molecule has 7 heteroatoms. The molecule has 2 N–H and O–H groups in total. The fourth-order valence-corrected chi connectivity index (χ4v) is 3.50. The molecule has 2 aliphatic rings. The number of fused-ring (bicyclic) bond motifs is 1. The largest absolute Gasteiger partial charge is 0.496 e. The maximum absolute atomic E-state index is 12.5. The quantitative estimate of drug-likeness (QED) is 0.796. The van der Waals surface area contributed by atoms with E-state index < -0.39 is 5.97 Å². The fourth-order valence-electron chi connectivity index (χ4n) is 3.50. The summed E-state index contributed by atoms with van der Waals surface area (Å²) in [5, 5.41) is 12.2. The van der Waals surface area contributed by atoms with Gasteiger partial charge in [-0.05, 0) is 47.7 Å². The zero-order valence-corrected chi connectivity index (χ0v) is 15.4. The number of carbonyl (C=O) groups is 2. The first-order chi connectivity index (χ1) is 13.6. The van der Waals surface area contributed by atoms with E-state index in [0.29, 0.717) is 24.5 Å². The number of hydrogen-bond donors (Lipinski definition) is 2. The van der Waals surface area contributed by atoms with E-state index in [9.17, 15) is 14.7 Å². The lowest BCUT2D eigenvalue weighted by Gasteiger charge is -2.18. The first-order valence-corrected chi connectivity index (χ1v) is 9.14. The molecule has 146 valence electrons. The van der Waals surface area contributed by atoms with E-state index in [1.807, 2.05) is 18.2 Å². The molecule has 1 amide bonds. The lowest BCUT2D eigenvalue weighted by Crippen LogP contribution is -2.25. The number of amides is 1. The predicted octanol–water partition coefficient (Wildman–Crippen LogP) is 2.58. The second-order valence-corrected chi connectivity index (χ2v) is 6.91. The Morgan fingerprint density at radius 2 is 1.93 bits per heavy atom. The number of carboxylic acid groups (broad SMARTS) is 1. The van der Waals surface area contributed by atoms with Crippen molar-refractivity contribution in [2.24, 2.45) is 5.92 Å². The van der Waals surface area contributed by atoms with Gasteiger partial charge in [-0.25, -0.2) is 4.79 Å². The minimum Gasteiger partial charge on any atom is -0.496 e. The van der Waals surface area contributed by atoms with Crippen molar-refractivity contribution in [3.8, 4) is 17.2 Å². The Kier molecular flexibility index (Phi) is 4.81. The van der Waals surface area contributed by atoms with E-state index in [2.05, 4.69) is 5.32 Å². The van der Waals surface area contributed by atoms with Crippen LogP contribution in [0.5, 0.6) is 17.2 Å². The van der Waals surface area contributed by atoms with Gasteiger partial charge in [-0.3, -0.25) is 4.79 Å². The Balaban J connectivity index is 1.37. The molecule has 7 nitrogen and oxygen atoms in total. The molecule has 0 aromatic heterocycles. The molecule has 0 bridgehead atoms. The van der Waals surface area contributed by atoms with Gasteiger partial charge in [-0.15, -0.1) is 0 Å². The molecule has 1 saturated carbocycles. The van der Waals surface area contributed by atoms with E-state index >= 15 is 0 Å². The Labute approximate surface area is 162 Å². The topological polar surface area (TPSA) is 94.1 Å². The third kappa shape index (κ3) is 3.60. The highest BCUT2D eigenvalue weighted by molar-refractivity contribution is 5.91. The molecule has 2 aromatic carbocycles. The lowest BCUT2D eigenvalue weighted by molar-refractivity contribution is -0.122. The van der Waals surface area contributed by atoms with Gasteiger partial charge in [0.15, 0.2) is 11.5 Å². The third-order valence-corrected chi connectivity index (χ3v) is 5.08. The molecule has 0 radical (unpaired) electrons. The summed E-state index contributed by atoms with van der Waals surface area (Å²) in [6.07, 6.45) is 0.786. The van der Waals surface area contributed by atoms with Crippen LogP contribution in [-0.2, 0) is 11.3 Å². The second kappa shape index (κ2) is 7.42. The van der Waals surface area contributed by atoms with Gasteiger partial charge in [0, 0.05) is 12.5 Å². The highest BCUT2D eigenvalue weighted by atomic mass is 16.6. The standard InChI is InChI=1S/C21H21NO6/c1-26-17-4-2-12(8-16(17)21(24)25)11-22-20(23)15-10-14(15)13-3-5-18-19(9-13)28-7-6-27-18/h2-5,8-9,14-15H,6-7,10-11H2,1H3,(H,22,23)(H,24,25)/t14-,15-/m1/s1. The van der Waals surface area contributed by atoms with Crippen molar-refractivity contribution < 1.29 is 28.9 Å². The molecule has 2 atom stereocenters. The van der Waals surface area contributed by atoms with Crippen molar-refractivity contribution in [3.63, 3.8) is 0 Å². The number of carbonyl (C=O) groups excluding carboxylic acids is 1. The SMILES string of the molecule is COc1ccc(CNC(=O)[C@@H]2C[C@@H]2c2ccc3c(c2)OCCO3)cc1C(=O)O. The van der Waals surface area contributed by atoms with E-state index in [1.165, 1.54) is 13.2 Å². The van der Waals surface area contributed by atoms with Crippen molar-refractivity contribution in [1.29, 1.82) is 0 Å². The molecule has 1 aliphatic heterocycles. The van der Waals surface area contributed by atoms with Crippen LogP contribution in [0.25, 0.3) is 0 Å². The molecule has 1 heterocycles. The molecule has 0 saturated heterocycles. The first kappa shape index (κ1) is 18.2. The van der Waals surface area contributed by atoms with Crippen LogP contribution in [0.2, 0.25) is 0 Å². The third-order valence-electron chi connectivity index (χ3n) is 5.08. The summed E-state index contributed by atoms with van der Waals surface area (Å²) in [5.74, 6) is 0.752. The summed E-state index contributed by atoms with van der Waals surface area (Å²) in [4.78, 5) is 23.8. The van der Waals surface area contributed by atoms with Crippen LogP contribution >= 0.6 is 0 Å². The van der Waals surface area contributed by atoms with Crippen LogP contribution in [0, 0.1) is 5.92 Å². The van der Waals surface area contributed by atoms with Gasteiger partial charge in [0.05, 0.1) is 7.11 Å². The summed E-state index contributed by atoms with van der Waals surface area (Å²) in [6.45, 7) is 1.36. The van der Waals surface area contributed by atoms with Crippen LogP contribution in [0.1, 0.15) is 33.8 Å². The van der Waals surface area contributed by atoms with Gasteiger partial charge >= 0.3 is 5.97 Å². The number of hydrogen-bond acceptors (Lipinski definition) is 5. The predicted molar refractivity (Wildman–Crippen MR) is 100 cm³/mol. The van der Waals surface area contributed by atoms with Gasteiger partial charge in [0.1, 0.15) is 24.5 Å². The summed E-state index contributed by atoms with van der Waals surface area (Å²) in [5.41, 5.74) is 1.86. The van der Waals surface area contributed by atoms with E-state index in [-0.39, 0.29) is 29.9 Å². The van der Waals surface area contributed by atoms with Crippen molar-refractivity contribution in [2.75, 3.05) is 20.3 Å². The van der Waals surface area contributed by atoms with Crippen LogP contribution < -0.4 is 19.5 Å². The zero-order valence-electron chi connectivity index (χ0n) is 15.4. The van der Waals surface area contributed by atoms with E-state index in [0.717, 1.165) is 23.5 Å². The Morgan fingerprint density at radius 1 is 1.14 bits per heavy atom. The fraction of sp³-hybridized carbons (Fsp3) is 0.333. The molecule has 4 rings (SSSR count). The molecule has 1 fully saturated rings. The zero-order chi connectivity index (χ0) is 19.7. The van der Waals surface area contributed by atoms with Gasteiger partial charge in [0.2, 0.25) is 5.91 Å². The highest BCUT2D eigenvalue weighted by Gasteiger charge is 2.44. The Bertz CT molecular complexity index is 925. The van der Waals surface area contributed by atoms with Crippen LogP contribution in [0.3, 0.4) is 0 Å². The average molecular weight is 383 g/mol. The number of ether oxygens (including phenoxy) is 3. The van der Waals surface area contributed by atoms with Crippen molar-refractivity contribution >= 4 is 11.9 Å². The molecule has 1 aliphatic carbocycles. The summed E-state index contributed by atoms with van der Waals surface area (Å²) in [6, 6.07) is 10.7. The number of methoxy groups -OCH3 is 1. The number of nitrogens with one attached hydrogen (secondary N) is 1. The molecule has 2 aromatic rings. The van der Waals surface area contributed by atoms with Crippen molar-refractivity contribution in [1.82, 2.24) is 5.32 Å². The van der Waals surface area contributed by atoms with E-state index in [4.69, 9.17) is 14.2 Å². The molecule has 0 unspecified atom stereocenters. The smallest absolute Gasteiger partial charge is 0.339 e. The lowest BCUT2D eigenvalue weighted by atomic mass is 10.1. The van der Waals surface area contributed by atoms with Gasteiger partial charge < -0.3 is 24.6 Å². The van der Waals surface area contributed by atoms with Gasteiger partial charge in [-0.1, -0.05) is 12.1 Å². The van der Waals surface area contributed by atoms with Crippen LogP contribution in [0.15, 0.2) is 36.4 Å². The van der Waals surface area contributed by atoms with Gasteiger partial charge in [0.25, 0.3) is 0 Å². The monoisotopic (exact) mass is 383 g/mol. The first-order valence-electron chi connectivity index (χ1n) is 9.14. The van der Waals surface area contributed by atoms with Crippen LogP contribution in [0.4, 0.5) is 0 Å². The molecule has 28 heavy (non-hydrogen) atoms. The van der Waals surface area contributed by atoms with Crippen molar-refractivity contribution in [2.45, 2.75) is 18.9 Å². The van der Waals surface area contributed by atoms with Crippen molar-refractivity contribution in [3.05, 3.63) is 53.1 Å². The normalized spacial score (nSPS) is 19.6. The van der Waals surface area contributed by atoms with Gasteiger partial charge in [-0.2, -0.15) is 0 Å². The Hall–Kier alpha value is -3.22. The maximum Gasteiger partial charge on any atom is 0.339 e. The number of aromatic carboxylic acids is 1. The minimum absolute atomic E-state index is 0.0346. The molecular formula is C21H21NO6. The maximum atomic E-state index is 12.5. The highest BCUT2D eigenvalue weighted by Crippen LogP contribution is 2.49. The Morgan fingerprint density at radius 3 is 2.68 bits per heavy atom. The number of carboxylic acids is 1. The number of rotatable bonds is 6. The molecular weight excluding hydrogens is 362 g/mol. The summed E-state index contributed by atoms with van der Waals surface area (Å²) < 4.78 is 16.2. The minimum atomic E-state index is -1.06. The van der Waals surface area contributed by atoms with E-state index in [1.54, 1.807) is 12.1 Å². The average Bonchev–Trinajstić information content (AvgIpc) is 3.52. The summed E-state index contributed by atoms with van der Waals surface area (Å²) in [7, 11) is 1.42. The van der Waals surface area contributed by atoms with Crippen LogP contribution in [-0.4, -0.2) is 37.3 Å². The molecule has 0 spiro atoms. The number of benzene rings is 2. The summed E-state index contributed by atoms with van der Waals surface area (Å²) >= 11 is 0.